The van der Waals surface area contributed by atoms with Gasteiger partial charge in [0, 0.05) is 82.7 Å². The molecule has 0 unspecified atom stereocenters. The van der Waals surface area contributed by atoms with Crippen LogP contribution in [0, 0.1) is 27.7 Å². The molecule has 12 rings (SSSR count). The van der Waals surface area contributed by atoms with Crippen LogP contribution in [0.4, 0.5) is 5.69 Å². The summed E-state index contributed by atoms with van der Waals surface area (Å²) in [6.07, 6.45) is 10.6. The van der Waals surface area contributed by atoms with Crippen LogP contribution in [0.25, 0.3) is 84.2 Å². The summed E-state index contributed by atoms with van der Waals surface area (Å²) in [5, 5.41) is 1.03. The van der Waals surface area contributed by atoms with Crippen LogP contribution in [0.2, 0.25) is 0 Å². The number of rotatable bonds is 16. The lowest BCUT2D eigenvalue weighted by atomic mass is 10.0. The summed E-state index contributed by atoms with van der Waals surface area (Å²) in [7, 11) is 0. The molecule has 0 fully saturated rings. The van der Waals surface area contributed by atoms with Gasteiger partial charge in [-0.15, -0.1) is 0 Å². The lowest BCUT2D eigenvalue weighted by Gasteiger charge is -2.32. The van der Waals surface area contributed by atoms with Gasteiger partial charge in [-0.05, 0) is 140 Å². The highest BCUT2D eigenvalue weighted by Crippen LogP contribution is 2.48. The first-order valence-electron chi connectivity index (χ1n) is 25.9. The second kappa shape index (κ2) is 19.0. The topological polar surface area (TPSA) is 133 Å². The van der Waals surface area contributed by atoms with E-state index in [4.69, 9.17) is 46.6 Å². The summed E-state index contributed by atoms with van der Waals surface area (Å²) < 4.78 is 55.0. The summed E-state index contributed by atoms with van der Waals surface area (Å²) in [6, 6.07) is 26.0. The Morgan fingerprint density at radius 2 is 1.03 bits per heavy atom. The molecule has 0 saturated carbocycles. The number of allylic oxidation sites excluding steroid dienone is 4. The molecule has 14 nitrogen and oxygen atoms in total. The SMILES string of the molecule is CCOc1ccc(-c2cn(C3=C(C)C=C(C)C4=C=C3c3nc(C)ccc3N4Cn3c4ccc(C)nc4c4c(-n5cc(-c6ccc(OCC)o6)c(-c6ccc(OCC)o6)c5)c(C)cc(C)c43)cc2-c2ccc(OCC)o2)o1. The number of hydrogen-bond donors (Lipinski definition) is 0. The van der Waals surface area contributed by atoms with Crippen molar-refractivity contribution >= 4 is 38.9 Å². The predicted octanol–water partition coefficient (Wildman–Crippen LogP) is 15.3. The number of anilines is 1. The molecule has 0 spiro atoms. The van der Waals surface area contributed by atoms with Crippen LogP contribution in [0.1, 0.15) is 69.8 Å². The van der Waals surface area contributed by atoms with Gasteiger partial charge in [0.15, 0.2) is 0 Å². The van der Waals surface area contributed by atoms with Gasteiger partial charge in [0.25, 0.3) is 23.8 Å². The molecule has 2 aliphatic rings. The number of ether oxygens (including phenoxy) is 4. The molecule has 0 radical (unpaired) electrons. The van der Waals surface area contributed by atoms with E-state index in [-0.39, 0.29) is 0 Å². The Bertz CT molecular complexity index is 3930. The zero-order valence-electron chi connectivity index (χ0n) is 44.4. The van der Waals surface area contributed by atoms with Crippen LogP contribution < -0.4 is 23.8 Å². The Morgan fingerprint density at radius 3 is 1.54 bits per heavy atom. The summed E-state index contributed by atoms with van der Waals surface area (Å²) in [5.74, 6) is 4.36. The van der Waals surface area contributed by atoms with Gasteiger partial charge in [0.1, 0.15) is 35.4 Å². The molecule has 1 aliphatic carbocycles. The van der Waals surface area contributed by atoms with E-state index < -0.39 is 0 Å². The first kappa shape index (κ1) is 48.0. The summed E-state index contributed by atoms with van der Waals surface area (Å²) >= 11 is 0. The molecule has 0 atom stereocenters. The molecule has 1 aliphatic heterocycles. The van der Waals surface area contributed by atoms with Crippen LogP contribution in [0.3, 0.4) is 0 Å². The third-order valence-corrected chi connectivity index (χ3v) is 13.9. The van der Waals surface area contributed by atoms with Gasteiger partial charge >= 0.3 is 0 Å². The molecular formula is C62H58N6O8. The minimum absolute atomic E-state index is 0.432. The van der Waals surface area contributed by atoms with Crippen molar-refractivity contribution in [2.75, 3.05) is 31.3 Å². The Hall–Kier alpha value is -9.00. The summed E-state index contributed by atoms with van der Waals surface area (Å²) in [4.78, 5) is 13.0. The Kier molecular flexibility index (Phi) is 12.0. The molecule has 1 aromatic carbocycles. The Labute approximate surface area is 440 Å². The second-order valence-electron chi connectivity index (χ2n) is 19.1. The maximum atomic E-state index is 6.30. The number of pyridine rings is 2. The fourth-order valence-corrected chi connectivity index (χ4v) is 10.9. The highest BCUT2D eigenvalue weighted by atomic mass is 16.6. The Balaban J connectivity index is 1.03. The van der Waals surface area contributed by atoms with E-state index >= 15 is 0 Å². The predicted molar refractivity (Wildman–Crippen MR) is 295 cm³/mol. The summed E-state index contributed by atoms with van der Waals surface area (Å²) in [5.41, 5.74) is 21.8. The van der Waals surface area contributed by atoms with Crippen LogP contribution in [-0.2, 0) is 6.67 Å². The highest BCUT2D eigenvalue weighted by molar-refractivity contribution is 6.12. The standard InChI is InChI=1S/C62H58N6O8/c1-11-69-53-23-19-49(73-53)42-30-65(31-43(42)50-20-24-54(74-50)70-12-2)60-36(6)27-35(5)48-29-41(60)58-46(17-15-39(9)63-58)67(48)34-68-47-18-16-40(10)64-59(47)57-61(37(7)28-38(8)62(57)68)66-32-44(51-21-25-55(75-51)71-13-3)45(33-66)52-22-26-56(76-52)72-14-4/h15-28,30-33H,11-14,34H2,1-10H3. The fourth-order valence-electron chi connectivity index (χ4n) is 10.9. The second-order valence-corrected chi connectivity index (χ2v) is 19.1. The number of fused-ring (bicyclic) bond motifs is 5. The Morgan fingerprint density at radius 1 is 0.539 bits per heavy atom. The van der Waals surface area contributed by atoms with Crippen molar-refractivity contribution in [1.82, 2.24) is 23.7 Å². The highest BCUT2D eigenvalue weighted by Gasteiger charge is 2.33. The van der Waals surface area contributed by atoms with Gasteiger partial charge < -0.3 is 55.2 Å². The van der Waals surface area contributed by atoms with Crippen molar-refractivity contribution in [3.8, 4) is 74.8 Å². The minimum Gasteiger partial charge on any atom is -0.465 e. The minimum atomic E-state index is 0.432. The van der Waals surface area contributed by atoms with Crippen LogP contribution in [0.5, 0.6) is 23.8 Å². The van der Waals surface area contributed by atoms with Crippen LogP contribution >= 0.6 is 0 Å². The normalized spacial score (nSPS) is 13.3. The van der Waals surface area contributed by atoms with Crippen molar-refractivity contribution < 1.29 is 36.6 Å². The number of nitrogens with zero attached hydrogens (tertiary/aromatic N) is 6. The lowest BCUT2D eigenvalue weighted by molar-refractivity contribution is 0.259. The molecule has 10 aromatic rings. The van der Waals surface area contributed by atoms with Crippen molar-refractivity contribution in [3.05, 3.63) is 161 Å². The van der Waals surface area contributed by atoms with Gasteiger partial charge in [0.2, 0.25) is 0 Å². The van der Waals surface area contributed by atoms with Crippen LogP contribution in [-0.4, -0.2) is 50.1 Å². The molecular weight excluding hydrogens is 957 g/mol. The average molecular weight is 1020 g/mol. The van der Waals surface area contributed by atoms with Crippen molar-refractivity contribution in [2.45, 2.75) is 75.9 Å². The van der Waals surface area contributed by atoms with Gasteiger partial charge in [0.05, 0.1) is 76.7 Å². The monoisotopic (exact) mass is 1010 g/mol. The third kappa shape index (κ3) is 8.13. The van der Waals surface area contributed by atoms with Gasteiger partial charge in [-0.3, -0.25) is 9.97 Å². The molecule has 0 N–H and O–H groups in total. The van der Waals surface area contributed by atoms with E-state index in [0.29, 0.717) is 79.9 Å². The average Bonchev–Trinajstić information content (AvgIpc) is 4.45. The zero-order chi connectivity index (χ0) is 52.5. The summed E-state index contributed by atoms with van der Waals surface area (Å²) in [6.45, 7) is 22.9. The van der Waals surface area contributed by atoms with E-state index in [9.17, 15) is 0 Å². The van der Waals surface area contributed by atoms with Crippen molar-refractivity contribution in [1.29, 1.82) is 0 Å². The number of aryl methyl sites for hydroxylation is 4. The van der Waals surface area contributed by atoms with Gasteiger partial charge in [-0.25, -0.2) is 0 Å². The van der Waals surface area contributed by atoms with E-state index in [1.165, 1.54) is 0 Å². The first-order valence-corrected chi connectivity index (χ1v) is 25.9. The van der Waals surface area contributed by atoms with Gasteiger partial charge in [-0.2, -0.15) is 0 Å². The first-order chi connectivity index (χ1) is 36.9. The number of furan rings is 4. The maximum Gasteiger partial charge on any atom is 0.284 e. The lowest BCUT2D eigenvalue weighted by Crippen LogP contribution is -2.29. The number of aromatic nitrogens is 5. The third-order valence-electron chi connectivity index (χ3n) is 13.9. The number of hydrogen-bond acceptors (Lipinski definition) is 11. The molecule has 0 saturated heterocycles. The zero-order valence-corrected chi connectivity index (χ0v) is 44.4. The van der Waals surface area contributed by atoms with E-state index in [0.717, 1.165) is 112 Å². The smallest absolute Gasteiger partial charge is 0.284 e. The fraction of sp³-hybridized carbons (Fsp3) is 0.242. The van der Waals surface area contributed by atoms with Gasteiger partial charge in [-0.1, -0.05) is 17.9 Å². The van der Waals surface area contributed by atoms with Crippen molar-refractivity contribution in [2.24, 2.45) is 0 Å². The van der Waals surface area contributed by atoms with Crippen LogP contribution in [0.15, 0.2) is 150 Å². The van der Waals surface area contributed by atoms with Crippen molar-refractivity contribution in [3.63, 3.8) is 0 Å². The molecule has 384 valence electrons. The van der Waals surface area contributed by atoms with E-state index in [1.807, 2.05) is 90.1 Å². The maximum absolute atomic E-state index is 6.30. The molecule has 14 heteroatoms. The number of benzene rings is 1. The molecule has 9 aromatic heterocycles. The van der Waals surface area contributed by atoms with E-state index in [2.05, 4.69) is 113 Å². The molecule has 0 amide bonds. The quantitative estimate of drug-likeness (QED) is 0.0857. The largest absolute Gasteiger partial charge is 0.465 e. The molecule has 2 bridgehead atoms. The molecule has 76 heavy (non-hydrogen) atoms. The molecule has 10 heterocycles. The van der Waals surface area contributed by atoms with E-state index in [1.54, 1.807) is 0 Å².